The number of benzene rings is 1. The Morgan fingerprint density at radius 2 is 2.10 bits per heavy atom. The van der Waals surface area contributed by atoms with Crippen LogP contribution in [0.15, 0.2) is 22.7 Å². The standard InChI is InChI=1S/C15H19BrClN3S/c1-11(17)15-18-13-3-2-12(16)10-14(13)20(15)5-4-19-6-8-21-9-7-19/h2-3,10-11H,4-9H2,1H3. The van der Waals surface area contributed by atoms with E-state index in [1.165, 1.54) is 30.1 Å². The highest BCUT2D eigenvalue weighted by atomic mass is 79.9. The van der Waals surface area contributed by atoms with E-state index in [2.05, 4.69) is 37.5 Å². The van der Waals surface area contributed by atoms with E-state index in [0.29, 0.717) is 0 Å². The molecule has 1 fully saturated rings. The third-order valence-electron chi connectivity index (χ3n) is 3.84. The smallest absolute Gasteiger partial charge is 0.127 e. The number of rotatable bonds is 4. The van der Waals surface area contributed by atoms with Gasteiger partial charge in [-0.05, 0) is 25.1 Å². The van der Waals surface area contributed by atoms with Gasteiger partial charge in [-0.3, -0.25) is 4.90 Å². The van der Waals surface area contributed by atoms with Crippen LogP contribution >= 0.6 is 39.3 Å². The number of fused-ring (bicyclic) bond motifs is 1. The van der Waals surface area contributed by atoms with Gasteiger partial charge in [0.05, 0.1) is 16.4 Å². The molecule has 1 unspecified atom stereocenters. The van der Waals surface area contributed by atoms with E-state index in [1.54, 1.807) is 0 Å². The van der Waals surface area contributed by atoms with Crippen molar-refractivity contribution in [3.05, 3.63) is 28.5 Å². The number of imidazole rings is 1. The first-order valence-corrected chi connectivity index (χ1v) is 9.63. The van der Waals surface area contributed by atoms with Crippen molar-refractivity contribution in [2.45, 2.75) is 18.8 Å². The van der Waals surface area contributed by atoms with Crippen LogP contribution in [0.2, 0.25) is 0 Å². The van der Waals surface area contributed by atoms with Crippen molar-refractivity contribution in [1.29, 1.82) is 0 Å². The summed E-state index contributed by atoms with van der Waals surface area (Å²) in [6, 6.07) is 6.22. The molecule has 0 radical (unpaired) electrons. The molecule has 0 bridgehead atoms. The summed E-state index contributed by atoms with van der Waals surface area (Å²) in [5.41, 5.74) is 2.19. The molecule has 3 nitrogen and oxygen atoms in total. The van der Waals surface area contributed by atoms with Crippen LogP contribution in [-0.2, 0) is 6.54 Å². The van der Waals surface area contributed by atoms with Crippen molar-refractivity contribution in [2.75, 3.05) is 31.1 Å². The van der Waals surface area contributed by atoms with Crippen LogP contribution in [0.4, 0.5) is 0 Å². The molecular weight excluding hydrogens is 370 g/mol. The van der Waals surface area contributed by atoms with Gasteiger partial charge in [0.25, 0.3) is 0 Å². The summed E-state index contributed by atoms with van der Waals surface area (Å²) in [4.78, 5) is 7.24. The van der Waals surface area contributed by atoms with Crippen molar-refractivity contribution in [3.8, 4) is 0 Å². The van der Waals surface area contributed by atoms with E-state index >= 15 is 0 Å². The van der Waals surface area contributed by atoms with E-state index in [-0.39, 0.29) is 5.38 Å². The number of hydrogen-bond acceptors (Lipinski definition) is 3. The molecule has 0 amide bonds. The SMILES string of the molecule is CC(Cl)c1nc2ccc(Br)cc2n1CCN1CCSCC1. The minimum atomic E-state index is -0.0758. The van der Waals surface area contributed by atoms with Crippen molar-refractivity contribution >= 4 is 50.3 Å². The topological polar surface area (TPSA) is 21.1 Å². The fourth-order valence-corrected chi connectivity index (χ4v) is 4.21. The lowest BCUT2D eigenvalue weighted by Gasteiger charge is -2.26. The molecule has 3 rings (SSSR count). The number of halogens is 2. The molecule has 1 aliphatic rings. The van der Waals surface area contributed by atoms with Gasteiger partial charge in [-0.1, -0.05) is 15.9 Å². The Morgan fingerprint density at radius 1 is 1.33 bits per heavy atom. The van der Waals surface area contributed by atoms with Gasteiger partial charge in [0.15, 0.2) is 0 Å². The molecule has 1 aromatic carbocycles. The Kier molecular flexibility index (Phi) is 5.15. The summed E-state index contributed by atoms with van der Waals surface area (Å²) >= 11 is 11.9. The monoisotopic (exact) mass is 387 g/mol. The van der Waals surface area contributed by atoms with Crippen LogP contribution in [0.3, 0.4) is 0 Å². The van der Waals surface area contributed by atoms with E-state index in [1.807, 2.05) is 24.8 Å². The van der Waals surface area contributed by atoms with Crippen molar-refractivity contribution in [2.24, 2.45) is 0 Å². The molecule has 0 N–H and O–H groups in total. The maximum absolute atomic E-state index is 6.33. The summed E-state index contributed by atoms with van der Waals surface area (Å²) in [7, 11) is 0. The molecule has 1 atom stereocenters. The predicted molar refractivity (Wildman–Crippen MR) is 95.5 cm³/mol. The van der Waals surface area contributed by atoms with Gasteiger partial charge in [-0.25, -0.2) is 4.98 Å². The fourth-order valence-electron chi connectivity index (χ4n) is 2.72. The van der Waals surface area contributed by atoms with Crippen LogP contribution < -0.4 is 0 Å². The van der Waals surface area contributed by atoms with Gasteiger partial charge < -0.3 is 4.57 Å². The summed E-state index contributed by atoms with van der Waals surface area (Å²) in [6.45, 7) is 6.38. The quantitative estimate of drug-likeness (QED) is 0.734. The number of hydrogen-bond donors (Lipinski definition) is 0. The van der Waals surface area contributed by atoms with E-state index in [0.717, 1.165) is 28.9 Å². The zero-order valence-electron chi connectivity index (χ0n) is 12.1. The molecule has 0 saturated carbocycles. The van der Waals surface area contributed by atoms with Gasteiger partial charge in [0, 0.05) is 42.2 Å². The molecule has 2 aromatic rings. The predicted octanol–water partition coefficient (Wildman–Crippen LogP) is 4.15. The Hall–Kier alpha value is -0.230. The summed E-state index contributed by atoms with van der Waals surface area (Å²) < 4.78 is 3.36. The van der Waals surface area contributed by atoms with Crippen molar-refractivity contribution in [1.82, 2.24) is 14.5 Å². The van der Waals surface area contributed by atoms with Crippen LogP contribution in [0.5, 0.6) is 0 Å². The zero-order chi connectivity index (χ0) is 14.8. The number of thioether (sulfide) groups is 1. The fraction of sp³-hybridized carbons (Fsp3) is 0.533. The molecule has 1 aliphatic heterocycles. The highest BCUT2D eigenvalue weighted by Gasteiger charge is 2.17. The first-order chi connectivity index (χ1) is 10.1. The zero-order valence-corrected chi connectivity index (χ0v) is 15.2. The number of nitrogens with zero attached hydrogens (tertiary/aromatic N) is 3. The minimum absolute atomic E-state index is 0.0758. The maximum atomic E-state index is 6.33. The molecule has 21 heavy (non-hydrogen) atoms. The Morgan fingerprint density at radius 3 is 2.81 bits per heavy atom. The summed E-state index contributed by atoms with van der Waals surface area (Å²) in [5, 5.41) is -0.0758. The molecule has 2 heterocycles. The lowest BCUT2D eigenvalue weighted by molar-refractivity contribution is 0.289. The van der Waals surface area contributed by atoms with Gasteiger partial charge in [-0.2, -0.15) is 11.8 Å². The third-order valence-corrected chi connectivity index (χ3v) is 5.47. The number of aromatic nitrogens is 2. The average molecular weight is 389 g/mol. The minimum Gasteiger partial charge on any atom is -0.325 e. The molecule has 1 saturated heterocycles. The van der Waals surface area contributed by atoms with Gasteiger partial charge >= 0.3 is 0 Å². The largest absolute Gasteiger partial charge is 0.325 e. The van der Waals surface area contributed by atoms with Gasteiger partial charge in [0.1, 0.15) is 5.82 Å². The van der Waals surface area contributed by atoms with Crippen molar-refractivity contribution < 1.29 is 0 Å². The van der Waals surface area contributed by atoms with Gasteiger partial charge in [-0.15, -0.1) is 11.6 Å². The molecule has 114 valence electrons. The molecular formula is C15H19BrClN3S. The van der Waals surface area contributed by atoms with Crippen LogP contribution in [0.1, 0.15) is 18.1 Å². The molecule has 6 heteroatoms. The van der Waals surface area contributed by atoms with Gasteiger partial charge in [0.2, 0.25) is 0 Å². The second-order valence-electron chi connectivity index (χ2n) is 5.32. The second kappa shape index (κ2) is 6.90. The lowest BCUT2D eigenvalue weighted by Crippen LogP contribution is -2.35. The van der Waals surface area contributed by atoms with Crippen molar-refractivity contribution in [3.63, 3.8) is 0 Å². The second-order valence-corrected chi connectivity index (χ2v) is 8.12. The highest BCUT2D eigenvalue weighted by molar-refractivity contribution is 9.10. The van der Waals surface area contributed by atoms with E-state index in [9.17, 15) is 0 Å². The first-order valence-electron chi connectivity index (χ1n) is 7.25. The summed E-state index contributed by atoms with van der Waals surface area (Å²) in [5.74, 6) is 3.46. The first kappa shape index (κ1) is 15.7. The molecule has 0 spiro atoms. The Balaban J connectivity index is 1.87. The summed E-state index contributed by atoms with van der Waals surface area (Å²) in [6.07, 6.45) is 0. The third kappa shape index (κ3) is 3.58. The van der Waals surface area contributed by atoms with Crippen LogP contribution in [-0.4, -0.2) is 45.6 Å². The maximum Gasteiger partial charge on any atom is 0.127 e. The highest BCUT2D eigenvalue weighted by Crippen LogP contribution is 2.26. The average Bonchev–Trinajstić information content (AvgIpc) is 2.84. The van der Waals surface area contributed by atoms with Crippen LogP contribution in [0, 0.1) is 0 Å². The molecule has 0 aliphatic carbocycles. The van der Waals surface area contributed by atoms with E-state index in [4.69, 9.17) is 16.6 Å². The van der Waals surface area contributed by atoms with E-state index < -0.39 is 0 Å². The van der Waals surface area contributed by atoms with Crippen LogP contribution in [0.25, 0.3) is 11.0 Å². The Labute approximate surface area is 143 Å². The normalized spacial score (nSPS) is 18.2. The number of alkyl halides is 1. The molecule has 1 aromatic heterocycles. The lowest BCUT2D eigenvalue weighted by atomic mass is 10.3. The Bertz CT molecular complexity index is 623.